The Kier molecular flexibility index (Phi) is 5.48. The first-order valence-corrected chi connectivity index (χ1v) is 7.21. The third-order valence-corrected chi connectivity index (χ3v) is 3.72. The number of nitro groups is 1. The van der Waals surface area contributed by atoms with Crippen molar-refractivity contribution in [3.8, 4) is 0 Å². The molecule has 23 heavy (non-hydrogen) atoms. The number of nitro benzene ring substituents is 1. The molecular weight excluding hydrogens is 337 g/mol. The molecule has 0 aromatic heterocycles. The first-order chi connectivity index (χ1) is 10.8. The number of anilines is 1. The summed E-state index contributed by atoms with van der Waals surface area (Å²) in [7, 11) is 0. The molecule has 0 aliphatic carbocycles. The summed E-state index contributed by atoms with van der Waals surface area (Å²) < 4.78 is 43.5. The lowest BCUT2D eigenvalue weighted by molar-refractivity contribution is -0.384. The molecule has 0 radical (unpaired) electrons. The van der Waals surface area contributed by atoms with Gasteiger partial charge < -0.3 is 10.1 Å². The van der Waals surface area contributed by atoms with Crippen LogP contribution in [0.2, 0.25) is 5.02 Å². The number of halogens is 4. The maximum absolute atomic E-state index is 12.8. The predicted molar refractivity (Wildman–Crippen MR) is 79.7 cm³/mol. The van der Waals surface area contributed by atoms with Crippen molar-refractivity contribution in [1.82, 2.24) is 0 Å². The van der Waals surface area contributed by atoms with Gasteiger partial charge in [-0.25, -0.2) is 0 Å². The minimum Gasteiger partial charge on any atom is -0.379 e. The highest BCUT2D eigenvalue weighted by molar-refractivity contribution is 6.31. The number of nitrogens with zero attached hydrogens (tertiary/aromatic N) is 1. The second-order valence-electron chi connectivity index (χ2n) is 4.97. The summed E-state index contributed by atoms with van der Waals surface area (Å²) >= 11 is 5.61. The van der Waals surface area contributed by atoms with E-state index in [4.69, 9.17) is 16.3 Å². The number of hydrogen-bond donors (Lipinski definition) is 1. The number of ether oxygens (including phenoxy) is 1. The van der Waals surface area contributed by atoms with E-state index >= 15 is 0 Å². The van der Waals surface area contributed by atoms with E-state index in [1.165, 1.54) is 0 Å². The quantitative estimate of drug-likeness (QED) is 0.485. The topological polar surface area (TPSA) is 64.4 Å². The number of rotatable bonds is 5. The first kappa shape index (κ1) is 17.6. The molecule has 1 aliphatic heterocycles. The lowest BCUT2D eigenvalue weighted by Gasteiger charge is -2.15. The van der Waals surface area contributed by atoms with Crippen molar-refractivity contribution >= 4 is 23.0 Å². The van der Waals surface area contributed by atoms with E-state index < -0.39 is 27.4 Å². The fourth-order valence-corrected chi connectivity index (χ4v) is 2.49. The van der Waals surface area contributed by atoms with Gasteiger partial charge in [0.15, 0.2) is 0 Å². The van der Waals surface area contributed by atoms with Crippen LogP contribution in [0, 0.1) is 10.1 Å². The molecule has 0 fully saturated rings. The van der Waals surface area contributed by atoms with Gasteiger partial charge in [-0.3, -0.25) is 10.1 Å². The molecule has 1 aromatic rings. The van der Waals surface area contributed by atoms with Crippen LogP contribution in [-0.4, -0.2) is 24.7 Å². The van der Waals surface area contributed by atoms with Gasteiger partial charge in [-0.05, 0) is 18.9 Å². The van der Waals surface area contributed by atoms with Crippen molar-refractivity contribution in [2.75, 3.05) is 25.1 Å². The summed E-state index contributed by atoms with van der Waals surface area (Å²) in [5, 5.41) is 13.2. The third kappa shape index (κ3) is 4.59. The normalized spacial score (nSPS) is 15.2. The van der Waals surface area contributed by atoms with E-state index in [1.807, 2.05) is 6.08 Å². The van der Waals surface area contributed by atoms with Crippen LogP contribution in [0.3, 0.4) is 0 Å². The summed E-state index contributed by atoms with van der Waals surface area (Å²) in [6.45, 7) is 1.51. The summed E-state index contributed by atoms with van der Waals surface area (Å²) in [6.07, 6.45) is -1.41. The van der Waals surface area contributed by atoms with E-state index in [0.29, 0.717) is 32.2 Å². The number of benzene rings is 1. The van der Waals surface area contributed by atoms with Crippen molar-refractivity contribution in [1.29, 1.82) is 0 Å². The van der Waals surface area contributed by atoms with Gasteiger partial charge in [-0.2, -0.15) is 13.2 Å². The van der Waals surface area contributed by atoms with Crippen molar-refractivity contribution in [2.45, 2.75) is 19.0 Å². The van der Waals surface area contributed by atoms with Crippen LogP contribution in [0.1, 0.15) is 18.4 Å². The Balaban J connectivity index is 2.15. The van der Waals surface area contributed by atoms with Gasteiger partial charge in [-0.1, -0.05) is 23.3 Å². The summed E-state index contributed by atoms with van der Waals surface area (Å²) in [6, 6.07) is 1.40. The molecule has 1 heterocycles. The van der Waals surface area contributed by atoms with Gasteiger partial charge in [0.2, 0.25) is 0 Å². The molecule has 126 valence electrons. The Labute approximate surface area is 135 Å². The second-order valence-corrected chi connectivity index (χ2v) is 5.38. The average Bonchev–Trinajstić information content (AvgIpc) is 2.46. The monoisotopic (exact) mass is 350 g/mol. The highest BCUT2D eigenvalue weighted by atomic mass is 35.5. The minimum atomic E-state index is -4.74. The molecule has 0 unspecified atom stereocenters. The minimum absolute atomic E-state index is 0.0272. The molecule has 5 nitrogen and oxygen atoms in total. The van der Waals surface area contributed by atoms with Crippen LogP contribution >= 0.6 is 11.6 Å². The number of nitrogens with one attached hydrogen (secondary N) is 1. The van der Waals surface area contributed by atoms with Gasteiger partial charge >= 0.3 is 6.18 Å². The lowest BCUT2D eigenvalue weighted by atomic mass is 10.1. The van der Waals surface area contributed by atoms with Gasteiger partial charge in [0.1, 0.15) is 5.69 Å². The van der Waals surface area contributed by atoms with Crippen molar-refractivity contribution in [3.05, 3.63) is 44.5 Å². The van der Waals surface area contributed by atoms with Gasteiger partial charge in [0, 0.05) is 12.6 Å². The van der Waals surface area contributed by atoms with E-state index in [1.54, 1.807) is 0 Å². The summed E-state index contributed by atoms with van der Waals surface area (Å²) in [5.41, 5.74) is -0.753. The molecular formula is C14H14ClF3N2O3. The predicted octanol–water partition coefficient (Wildman–Crippen LogP) is 4.42. The molecule has 2 rings (SSSR count). The fourth-order valence-electron chi connectivity index (χ4n) is 2.22. The highest BCUT2D eigenvalue weighted by Gasteiger charge is 2.36. The van der Waals surface area contributed by atoms with Crippen molar-refractivity contribution in [2.24, 2.45) is 0 Å². The Bertz CT molecular complexity index is 632. The zero-order chi connectivity index (χ0) is 17.0. The molecule has 0 spiro atoms. The second kappa shape index (κ2) is 7.18. The molecule has 0 saturated carbocycles. The molecule has 0 bridgehead atoms. The largest absolute Gasteiger partial charge is 0.418 e. The summed E-state index contributed by atoms with van der Waals surface area (Å²) in [5.74, 6) is 0. The van der Waals surface area contributed by atoms with Crippen molar-refractivity contribution in [3.63, 3.8) is 0 Å². The van der Waals surface area contributed by atoms with Crippen LogP contribution in [0.25, 0.3) is 0 Å². The zero-order valence-electron chi connectivity index (χ0n) is 12.0. The Morgan fingerprint density at radius 2 is 2.13 bits per heavy atom. The number of alkyl halides is 3. The molecule has 0 amide bonds. The van der Waals surface area contributed by atoms with E-state index in [2.05, 4.69) is 5.32 Å². The molecule has 0 saturated heterocycles. The van der Waals surface area contributed by atoms with Crippen LogP contribution in [0.15, 0.2) is 23.8 Å². The maximum Gasteiger partial charge on any atom is 0.418 e. The molecule has 9 heteroatoms. The molecule has 1 N–H and O–H groups in total. The fraction of sp³-hybridized carbons (Fsp3) is 0.429. The van der Waals surface area contributed by atoms with Crippen LogP contribution in [0.4, 0.5) is 24.5 Å². The Hall–Kier alpha value is -1.80. The number of hydrogen-bond acceptors (Lipinski definition) is 4. The maximum atomic E-state index is 12.8. The zero-order valence-corrected chi connectivity index (χ0v) is 12.7. The third-order valence-electron chi connectivity index (χ3n) is 3.41. The van der Waals surface area contributed by atoms with Gasteiger partial charge in [0.05, 0.1) is 28.7 Å². The first-order valence-electron chi connectivity index (χ1n) is 6.83. The van der Waals surface area contributed by atoms with Gasteiger partial charge in [-0.15, -0.1) is 0 Å². The van der Waals surface area contributed by atoms with E-state index in [0.717, 1.165) is 18.1 Å². The lowest BCUT2D eigenvalue weighted by Crippen LogP contribution is -2.11. The van der Waals surface area contributed by atoms with Crippen LogP contribution in [-0.2, 0) is 10.9 Å². The highest BCUT2D eigenvalue weighted by Crippen LogP contribution is 2.40. The van der Waals surface area contributed by atoms with Crippen LogP contribution < -0.4 is 5.32 Å². The SMILES string of the molecule is O=[N+]([O-])c1cc(C(F)(F)F)c(Cl)cc1NCCC1=CCOCC1. The van der Waals surface area contributed by atoms with Crippen LogP contribution in [0.5, 0.6) is 0 Å². The average molecular weight is 351 g/mol. The van der Waals surface area contributed by atoms with Crippen molar-refractivity contribution < 1.29 is 22.8 Å². The Morgan fingerprint density at radius 3 is 2.70 bits per heavy atom. The molecule has 1 aromatic carbocycles. The standard InChI is InChI=1S/C14H14ClF3N2O3/c15-11-8-12(19-4-1-9-2-5-23-6-3-9)13(20(21)22)7-10(11)14(16,17)18/h2,7-8,19H,1,3-6H2. The summed E-state index contributed by atoms with van der Waals surface area (Å²) in [4.78, 5) is 10.1. The molecule has 1 aliphatic rings. The Morgan fingerprint density at radius 1 is 1.39 bits per heavy atom. The smallest absolute Gasteiger partial charge is 0.379 e. The van der Waals surface area contributed by atoms with Gasteiger partial charge in [0.25, 0.3) is 5.69 Å². The van der Waals surface area contributed by atoms with E-state index in [9.17, 15) is 23.3 Å². The molecule has 0 atom stereocenters. The van der Waals surface area contributed by atoms with E-state index in [-0.39, 0.29) is 5.69 Å².